The lowest BCUT2D eigenvalue weighted by Crippen LogP contribution is -3.12. The van der Waals surface area contributed by atoms with Gasteiger partial charge < -0.3 is 15.0 Å². The molecule has 0 radical (unpaired) electrons. The zero-order chi connectivity index (χ0) is 20.9. The number of halogens is 2. The van der Waals surface area contributed by atoms with E-state index in [-0.39, 0.29) is 16.6 Å². The molecule has 10 heteroatoms. The monoisotopic (exact) mass is 414 g/mol. The Morgan fingerprint density at radius 1 is 1.14 bits per heavy atom. The number of likely N-dealkylation sites (N-methyl/N-ethyl adjacent to an activating group) is 1. The van der Waals surface area contributed by atoms with E-state index in [4.69, 9.17) is 5.14 Å². The third-order valence-electron chi connectivity index (χ3n) is 4.21. The predicted molar refractivity (Wildman–Crippen MR) is 99.6 cm³/mol. The number of rotatable bonds is 8. The van der Waals surface area contributed by atoms with Gasteiger partial charge in [0.05, 0.1) is 11.9 Å². The molecule has 0 spiro atoms. The molecule has 28 heavy (non-hydrogen) atoms. The van der Waals surface area contributed by atoms with E-state index in [1.807, 2.05) is 7.05 Å². The average Bonchev–Trinajstić information content (AvgIpc) is 2.62. The van der Waals surface area contributed by atoms with Crippen molar-refractivity contribution in [3.05, 3.63) is 54.1 Å². The molecular weight excluding hydrogens is 392 g/mol. The van der Waals surface area contributed by atoms with E-state index in [1.165, 1.54) is 36.4 Å². The molecule has 4 N–H and O–H groups in total. The lowest BCUT2D eigenvalue weighted by molar-refractivity contribution is -0.907. The Kier molecular flexibility index (Phi) is 7.05. The molecule has 2 rings (SSSR count). The van der Waals surface area contributed by atoms with Crippen LogP contribution in [0.15, 0.2) is 53.4 Å². The van der Waals surface area contributed by atoms with Gasteiger partial charge in [-0.2, -0.15) is 8.78 Å². The first-order chi connectivity index (χ1) is 13.1. The molecule has 0 aliphatic heterocycles. The number of primary sulfonamides is 1. The van der Waals surface area contributed by atoms with Crippen LogP contribution in [-0.4, -0.2) is 34.0 Å². The van der Waals surface area contributed by atoms with Gasteiger partial charge in [-0.25, -0.2) is 13.6 Å². The van der Waals surface area contributed by atoms with Crippen molar-refractivity contribution in [3.63, 3.8) is 0 Å². The van der Waals surface area contributed by atoms with Gasteiger partial charge in [-0.05, 0) is 55.5 Å². The van der Waals surface area contributed by atoms with Crippen molar-refractivity contribution >= 4 is 21.6 Å². The number of nitrogens with two attached hydrogens (primary N) is 1. The average molecular weight is 414 g/mol. The predicted octanol–water partition coefficient (Wildman–Crippen LogP) is 0.977. The maximum atomic E-state index is 12.4. The second kappa shape index (κ2) is 9.09. The molecule has 0 fully saturated rings. The highest BCUT2D eigenvalue weighted by molar-refractivity contribution is 7.89. The largest absolute Gasteiger partial charge is 0.435 e. The number of quaternary nitrogens is 1. The van der Waals surface area contributed by atoms with Crippen LogP contribution in [0.3, 0.4) is 0 Å². The van der Waals surface area contributed by atoms with Crippen LogP contribution in [-0.2, 0) is 21.4 Å². The van der Waals surface area contributed by atoms with Crippen LogP contribution >= 0.6 is 0 Å². The molecule has 2 aromatic carbocycles. The van der Waals surface area contributed by atoms with Crippen LogP contribution in [0.4, 0.5) is 14.5 Å². The fourth-order valence-electron chi connectivity index (χ4n) is 2.47. The first-order valence-electron chi connectivity index (χ1n) is 8.36. The molecule has 0 aliphatic carbocycles. The first-order valence-corrected chi connectivity index (χ1v) is 9.90. The first kappa shape index (κ1) is 21.7. The maximum absolute atomic E-state index is 12.4. The number of anilines is 1. The van der Waals surface area contributed by atoms with Crippen molar-refractivity contribution in [1.29, 1.82) is 0 Å². The maximum Gasteiger partial charge on any atom is 0.387 e. The van der Waals surface area contributed by atoms with Gasteiger partial charge in [0.25, 0.3) is 5.91 Å². The van der Waals surface area contributed by atoms with Gasteiger partial charge in [-0.3, -0.25) is 4.79 Å². The van der Waals surface area contributed by atoms with Gasteiger partial charge >= 0.3 is 6.61 Å². The number of carbonyl (C=O) groups excluding carboxylic acids is 1. The Balaban J connectivity index is 1.94. The van der Waals surface area contributed by atoms with Gasteiger partial charge in [0.2, 0.25) is 10.0 Å². The van der Waals surface area contributed by atoms with E-state index in [0.29, 0.717) is 12.2 Å². The smallest absolute Gasteiger partial charge is 0.387 e. The Labute approximate surface area is 162 Å². The summed E-state index contributed by atoms with van der Waals surface area (Å²) < 4.78 is 51.2. The summed E-state index contributed by atoms with van der Waals surface area (Å²) in [5.74, 6) is -0.177. The molecule has 7 nitrogen and oxygen atoms in total. The molecule has 1 unspecified atom stereocenters. The van der Waals surface area contributed by atoms with Crippen LogP contribution in [0.2, 0.25) is 0 Å². The number of amides is 1. The third kappa shape index (κ3) is 6.25. The summed E-state index contributed by atoms with van der Waals surface area (Å²) in [6.07, 6.45) is 0. The van der Waals surface area contributed by atoms with Crippen molar-refractivity contribution in [3.8, 4) is 5.75 Å². The molecule has 2 atom stereocenters. The summed E-state index contributed by atoms with van der Waals surface area (Å²) in [4.78, 5) is 13.3. The second-order valence-electron chi connectivity index (χ2n) is 6.33. The summed E-state index contributed by atoms with van der Waals surface area (Å²) in [5.41, 5.74) is 1.31. The summed E-state index contributed by atoms with van der Waals surface area (Å²) in [7, 11) is -1.96. The van der Waals surface area contributed by atoms with Gasteiger partial charge in [-0.15, -0.1) is 0 Å². The van der Waals surface area contributed by atoms with Crippen LogP contribution in [0, 0.1) is 0 Å². The SMILES string of the molecule is C[C@@H](C(=O)Nc1ccc(S(N)(=O)=O)cc1)[NH+](C)Cc1ccc(OC(F)F)cc1. The highest BCUT2D eigenvalue weighted by atomic mass is 32.2. The minimum absolute atomic E-state index is 0.0411. The lowest BCUT2D eigenvalue weighted by atomic mass is 10.1. The number of alkyl halides is 2. The van der Waals surface area contributed by atoms with Crippen LogP contribution in [0.5, 0.6) is 5.75 Å². The molecule has 0 saturated carbocycles. The number of hydrogen-bond donors (Lipinski definition) is 3. The van der Waals surface area contributed by atoms with E-state index in [2.05, 4.69) is 10.1 Å². The van der Waals surface area contributed by atoms with Gasteiger partial charge in [0.15, 0.2) is 6.04 Å². The van der Waals surface area contributed by atoms with Gasteiger partial charge in [-0.1, -0.05) is 0 Å². The number of ether oxygens (including phenoxy) is 1. The molecule has 0 aromatic heterocycles. The zero-order valence-corrected chi connectivity index (χ0v) is 16.2. The molecule has 0 bridgehead atoms. The molecule has 152 valence electrons. The third-order valence-corrected chi connectivity index (χ3v) is 5.14. The van der Waals surface area contributed by atoms with Crippen molar-refractivity contribution in [2.45, 2.75) is 31.0 Å². The van der Waals surface area contributed by atoms with E-state index < -0.39 is 22.7 Å². The summed E-state index contributed by atoms with van der Waals surface area (Å²) in [5, 5.41) is 7.76. The van der Waals surface area contributed by atoms with E-state index in [0.717, 1.165) is 10.5 Å². The Hall–Kier alpha value is -2.56. The Bertz CT molecular complexity index is 903. The Morgan fingerprint density at radius 3 is 2.21 bits per heavy atom. The standard InChI is InChI=1S/C18H21F2N3O4S/c1-12(17(24)22-14-5-9-16(10-6-14)28(21,25)26)23(2)11-13-3-7-15(8-4-13)27-18(19)20/h3-10,12,18H,11H2,1-2H3,(H,22,24)(H2,21,25,26)/p+1/t12-/m0/s1. The Morgan fingerprint density at radius 2 is 1.71 bits per heavy atom. The van der Waals surface area contributed by atoms with E-state index in [1.54, 1.807) is 19.1 Å². The van der Waals surface area contributed by atoms with Crippen LogP contribution in [0.25, 0.3) is 0 Å². The minimum Gasteiger partial charge on any atom is -0.435 e. The lowest BCUT2D eigenvalue weighted by Gasteiger charge is -2.21. The number of carbonyl (C=O) groups is 1. The number of hydrogen-bond acceptors (Lipinski definition) is 4. The van der Waals surface area contributed by atoms with Crippen molar-refractivity contribution < 1.29 is 31.6 Å². The summed E-state index contributed by atoms with van der Waals surface area (Å²) in [6, 6.07) is 11.4. The molecule has 1 amide bonds. The number of nitrogens with one attached hydrogen (secondary N) is 2. The topological polar surface area (TPSA) is 103 Å². The second-order valence-corrected chi connectivity index (χ2v) is 7.89. The van der Waals surface area contributed by atoms with E-state index >= 15 is 0 Å². The summed E-state index contributed by atoms with van der Waals surface area (Å²) >= 11 is 0. The molecule has 0 saturated heterocycles. The normalized spacial score (nSPS) is 13.8. The van der Waals surface area contributed by atoms with Crippen LogP contribution in [0.1, 0.15) is 12.5 Å². The highest BCUT2D eigenvalue weighted by Crippen LogP contribution is 2.15. The van der Waals surface area contributed by atoms with Gasteiger partial charge in [0.1, 0.15) is 12.3 Å². The van der Waals surface area contributed by atoms with Gasteiger partial charge in [0, 0.05) is 11.3 Å². The van der Waals surface area contributed by atoms with Crippen molar-refractivity contribution in [1.82, 2.24) is 0 Å². The fourth-order valence-corrected chi connectivity index (χ4v) is 2.98. The summed E-state index contributed by atoms with van der Waals surface area (Å²) in [6.45, 7) is -0.632. The fraction of sp³-hybridized carbons (Fsp3) is 0.278. The molecular formula is C18H22F2N3O4S+. The molecule has 0 heterocycles. The quantitative estimate of drug-likeness (QED) is 0.599. The van der Waals surface area contributed by atoms with E-state index in [9.17, 15) is 22.0 Å². The zero-order valence-electron chi connectivity index (χ0n) is 15.4. The molecule has 2 aromatic rings. The number of benzene rings is 2. The van der Waals surface area contributed by atoms with Crippen LogP contribution < -0.4 is 20.1 Å². The number of sulfonamides is 1. The van der Waals surface area contributed by atoms with Crippen molar-refractivity contribution in [2.75, 3.05) is 12.4 Å². The van der Waals surface area contributed by atoms with Crippen molar-refractivity contribution in [2.24, 2.45) is 5.14 Å². The minimum atomic E-state index is -3.79. The highest BCUT2D eigenvalue weighted by Gasteiger charge is 2.22. The molecule has 0 aliphatic rings.